The van der Waals surface area contributed by atoms with Gasteiger partial charge in [-0.25, -0.2) is 19.4 Å². The first kappa shape index (κ1) is 19.2. The topological polar surface area (TPSA) is 143 Å². The molecule has 0 amide bonds. The third kappa shape index (κ3) is 3.76. The minimum absolute atomic E-state index is 0.159. The number of aliphatic carboxylic acids is 1. The van der Waals surface area contributed by atoms with Crippen molar-refractivity contribution in [3.05, 3.63) is 5.15 Å². The Hall–Kier alpha value is -1.53. The second-order valence-corrected chi connectivity index (χ2v) is 7.30. The van der Waals surface area contributed by atoms with E-state index in [1.807, 2.05) is 6.92 Å². The van der Waals surface area contributed by atoms with Gasteiger partial charge in [-0.15, -0.1) is 5.10 Å². The van der Waals surface area contributed by atoms with Crippen LogP contribution in [0.3, 0.4) is 0 Å². The lowest BCUT2D eigenvalue weighted by molar-refractivity contribution is -0.147. The Balaban J connectivity index is 1.89. The molecule has 3 N–H and O–H groups in total. The van der Waals surface area contributed by atoms with Crippen LogP contribution >= 0.6 is 23.4 Å². The van der Waals surface area contributed by atoms with E-state index in [1.54, 1.807) is 0 Å². The number of carboxylic acid groups (broad SMARTS) is 1. The van der Waals surface area contributed by atoms with Gasteiger partial charge in [0.25, 0.3) is 0 Å². The Morgan fingerprint density at radius 1 is 1.38 bits per heavy atom. The number of fused-ring (bicyclic) bond motifs is 1. The van der Waals surface area contributed by atoms with Crippen LogP contribution in [-0.4, -0.2) is 76.9 Å². The number of ether oxygens (including phenoxy) is 1. The third-order valence-corrected chi connectivity index (χ3v) is 5.35. The molecule has 2 aromatic rings. The van der Waals surface area contributed by atoms with Crippen molar-refractivity contribution < 1.29 is 24.9 Å². The number of thioether (sulfide) groups is 1. The summed E-state index contributed by atoms with van der Waals surface area (Å²) in [7, 11) is 0. The Labute approximate surface area is 157 Å². The maximum atomic E-state index is 10.7. The number of nitrogens with zero attached hydrogens (tertiary/aromatic N) is 5. The van der Waals surface area contributed by atoms with Crippen molar-refractivity contribution >= 4 is 40.5 Å². The maximum Gasteiger partial charge on any atom is 0.329 e. The molecule has 26 heavy (non-hydrogen) atoms. The Morgan fingerprint density at radius 2 is 2.15 bits per heavy atom. The van der Waals surface area contributed by atoms with E-state index in [0.717, 1.165) is 12.2 Å². The Morgan fingerprint density at radius 3 is 2.85 bits per heavy atom. The first-order valence-corrected chi connectivity index (χ1v) is 9.39. The van der Waals surface area contributed by atoms with Gasteiger partial charge in [-0.2, -0.15) is 0 Å². The lowest BCUT2D eigenvalue weighted by Gasteiger charge is -2.16. The average molecular weight is 404 g/mol. The molecule has 142 valence electrons. The molecule has 0 spiro atoms. The molecule has 1 aliphatic rings. The average Bonchev–Trinajstić information content (AvgIpc) is 3.14. The Kier molecular flexibility index (Phi) is 5.92. The monoisotopic (exact) mass is 403 g/mol. The van der Waals surface area contributed by atoms with Gasteiger partial charge in [-0.05, 0) is 6.42 Å². The number of hydrogen-bond acceptors (Lipinski definition) is 9. The van der Waals surface area contributed by atoms with E-state index in [4.69, 9.17) is 21.4 Å². The minimum atomic E-state index is -1.25. The van der Waals surface area contributed by atoms with Gasteiger partial charge in [-0.3, -0.25) is 0 Å². The van der Waals surface area contributed by atoms with Crippen molar-refractivity contribution in [1.29, 1.82) is 0 Å². The van der Waals surface area contributed by atoms with Crippen LogP contribution in [-0.2, 0) is 9.53 Å². The summed E-state index contributed by atoms with van der Waals surface area (Å²) >= 11 is 7.60. The quantitative estimate of drug-likeness (QED) is 0.340. The molecule has 0 saturated heterocycles. The summed E-state index contributed by atoms with van der Waals surface area (Å²) in [5.74, 6) is -0.335. The highest BCUT2D eigenvalue weighted by molar-refractivity contribution is 7.99. The van der Waals surface area contributed by atoms with Crippen LogP contribution in [0.2, 0.25) is 5.15 Å². The molecule has 0 radical (unpaired) electrons. The van der Waals surface area contributed by atoms with Crippen LogP contribution < -0.4 is 0 Å². The fraction of sp³-hybridized carbons (Fsp3) is 0.643. The van der Waals surface area contributed by atoms with Gasteiger partial charge in [-0.1, -0.05) is 35.5 Å². The van der Waals surface area contributed by atoms with Crippen LogP contribution in [0.4, 0.5) is 0 Å². The highest BCUT2D eigenvalue weighted by atomic mass is 35.5. The van der Waals surface area contributed by atoms with E-state index in [-0.39, 0.29) is 11.6 Å². The number of aliphatic hydroxyl groups is 2. The van der Waals surface area contributed by atoms with Crippen LogP contribution in [0.1, 0.15) is 25.8 Å². The van der Waals surface area contributed by atoms with Crippen molar-refractivity contribution in [2.24, 2.45) is 0 Å². The van der Waals surface area contributed by atoms with Crippen LogP contribution in [0.5, 0.6) is 0 Å². The fourth-order valence-electron chi connectivity index (χ4n) is 2.81. The van der Waals surface area contributed by atoms with E-state index in [2.05, 4.69) is 20.3 Å². The first-order valence-electron chi connectivity index (χ1n) is 8.03. The predicted molar refractivity (Wildman–Crippen MR) is 92.2 cm³/mol. The standard InChI is InChI=1S/C14H18ClN5O5S/c1-2-3-26-14-16-12(15)9-13(17-14)20(19-18-9)6-4-7(11(24)10(6)23)25-5-8(21)22/h6-7,10-11,23-24H,2-5H2,1H3,(H,21,22)/t6-,7+,10+,11-/m1/s1. The van der Waals surface area contributed by atoms with Crippen molar-refractivity contribution in [1.82, 2.24) is 25.0 Å². The molecule has 12 heteroatoms. The number of carbonyl (C=O) groups is 1. The van der Waals surface area contributed by atoms with Crippen LogP contribution in [0, 0.1) is 0 Å². The molecule has 1 saturated carbocycles. The maximum absolute atomic E-state index is 10.7. The summed E-state index contributed by atoms with van der Waals surface area (Å²) < 4.78 is 6.54. The summed E-state index contributed by atoms with van der Waals surface area (Å²) in [5, 5.41) is 37.8. The highest BCUT2D eigenvalue weighted by Gasteiger charge is 2.44. The van der Waals surface area contributed by atoms with Crippen LogP contribution in [0.15, 0.2) is 5.16 Å². The Bertz CT molecular complexity index is 805. The van der Waals surface area contributed by atoms with E-state index in [9.17, 15) is 15.0 Å². The number of rotatable bonds is 7. The molecule has 2 aromatic heterocycles. The molecule has 0 aromatic carbocycles. The number of hydrogen-bond donors (Lipinski definition) is 3. The van der Waals surface area contributed by atoms with Gasteiger partial charge < -0.3 is 20.1 Å². The molecular weight excluding hydrogens is 386 g/mol. The second-order valence-electron chi connectivity index (χ2n) is 5.88. The van der Waals surface area contributed by atoms with E-state index >= 15 is 0 Å². The molecule has 10 nitrogen and oxygen atoms in total. The highest BCUT2D eigenvalue weighted by Crippen LogP contribution is 2.35. The largest absolute Gasteiger partial charge is 0.480 e. The second kappa shape index (κ2) is 8.01. The molecule has 0 aliphatic heterocycles. The normalized spacial score (nSPS) is 25.8. The van der Waals surface area contributed by atoms with Crippen molar-refractivity contribution in [2.45, 2.75) is 49.3 Å². The molecule has 1 fully saturated rings. The summed E-state index contributed by atoms with van der Waals surface area (Å²) in [6, 6.07) is -0.677. The molecule has 0 bridgehead atoms. The first-order chi connectivity index (χ1) is 12.4. The molecule has 4 atom stereocenters. The molecule has 2 heterocycles. The lowest BCUT2D eigenvalue weighted by Crippen LogP contribution is -2.33. The minimum Gasteiger partial charge on any atom is -0.480 e. The van der Waals surface area contributed by atoms with E-state index < -0.39 is 36.9 Å². The van der Waals surface area contributed by atoms with Crippen molar-refractivity contribution in [2.75, 3.05) is 12.4 Å². The molecule has 0 unspecified atom stereocenters. The van der Waals surface area contributed by atoms with Gasteiger partial charge in [0.1, 0.15) is 18.8 Å². The van der Waals surface area contributed by atoms with Gasteiger partial charge in [0, 0.05) is 12.2 Å². The SMILES string of the molecule is CCCSc1nc(Cl)c2nnn([C@@H]3C[C@H](OCC(=O)O)[C@@H](O)[C@H]3O)c2n1. The fourth-order valence-corrected chi connectivity index (χ4v) is 3.76. The van der Waals surface area contributed by atoms with Gasteiger partial charge >= 0.3 is 5.97 Å². The smallest absolute Gasteiger partial charge is 0.329 e. The van der Waals surface area contributed by atoms with E-state index in [0.29, 0.717) is 16.3 Å². The zero-order chi connectivity index (χ0) is 18.8. The number of aliphatic hydroxyl groups excluding tert-OH is 2. The van der Waals surface area contributed by atoms with Gasteiger partial charge in [0.05, 0.1) is 12.1 Å². The predicted octanol–water partition coefficient (Wildman–Crippen LogP) is 0.513. The summed E-state index contributed by atoms with van der Waals surface area (Å²) in [6.45, 7) is 1.47. The van der Waals surface area contributed by atoms with Crippen molar-refractivity contribution in [3.8, 4) is 0 Å². The number of aromatic nitrogens is 5. The van der Waals surface area contributed by atoms with Crippen molar-refractivity contribution in [3.63, 3.8) is 0 Å². The lowest BCUT2D eigenvalue weighted by atomic mass is 10.2. The number of halogens is 1. The molecule has 1 aliphatic carbocycles. The summed E-state index contributed by atoms with van der Waals surface area (Å²) in [6.07, 6.45) is -2.19. The molecular formula is C14H18ClN5O5S. The summed E-state index contributed by atoms with van der Waals surface area (Å²) in [4.78, 5) is 19.3. The van der Waals surface area contributed by atoms with E-state index in [1.165, 1.54) is 16.4 Å². The van der Waals surface area contributed by atoms with Gasteiger partial charge in [0.15, 0.2) is 21.5 Å². The number of carboxylic acids is 1. The van der Waals surface area contributed by atoms with Gasteiger partial charge in [0.2, 0.25) is 0 Å². The third-order valence-electron chi connectivity index (χ3n) is 4.03. The summed E-state index contributed by atoms with van der Waals surface area (Å²) in [5.41, 5.74) is 0.642. The molecule has 3 rings (SSSR count). The zero-order valence-corrected chi connectivity index (χ0v) is 15.4. The zero-order valence-electron chi connectivity index (χ0n) is 13.8. The van der Waals surface area contributed by atoms with Crippen LogP contribution in [0.25, 0.3) is 11.2 Å².